The average molecular weight is 381 g/mol. The van der Waals surface area contributed by atoms with Crippen LogP contribution in [-0.2, 0) is 0 Å². The van der Waals surface area contributed by atoms with Crippen molar-refractivity contribution in [2.24, 2.45) is 0 Å². The molecule has 2 aliphatic rings. The summed E-state index contributed by atoms with van der Waals surface area (Å²) in [5, 5.41) is 3.49. The fraction of sp³-hybridized carbons (Fsp3) is 0.435. The Hall–Kier alpha value is -2.53. The number of ketones is 1. The molecule has 1 saturated heterocycles. The van der Waals surface area contributed by atoms with Crippen LogP contribution in [0.15, 0.2) is 30.3 Å². The standard InChI is InChI=1S/C23H27NO4/c1-4-11-27-20-13-15(26-3)12-17-22(20)21-16(23(17)25)7-5-9-19(21)28-14(2)18-8-6-10-24-18/h5,7,9,12-14,18,24H,4,6,8,10-11H2,1-3H3. The number of rotatable bonds is 7. The van der Waals surface area contributed by atoms with Crippen LogP contribution >= 0.6 is 0 Å². The number of carbonyl (C=O) groups is 1. The van der Waals surface area contributed by atoms with Gasteiger partial charge in [-0.15, -0.1) is 0 Å². The van der Waals surface area contributed by atoms with E-state index in [4.69, 9.17) is 14.2 Å². The normalized spacial score (nSPS) is 18.5. The molecule has 4 rings (SSSR count). The predicted octanol–water partition coefficient (Wildman–Crippen LogP) is 4.21. The molecule has 0 aromatic heterocycles. The van der Waals surface area contributed by atoms with Gasteiger partial charge in [-0.05, 0) is 44.9 Å². The van der Waals surface area contributed by atoms with Gasteiger partial charge in [0.25, 0.3) is 0 Å². The van der Waals surface area contributed by atoms with Crippen LogP contribution in [0, 0.1) is 0 Å². The molecule has 0 spiro atoms. The minimum Gasteiger partial charge on any atom is -0.497 e. The smallest absolute Gasteiger partial charge is 0.194 e. The molecule has 1 heterocycles. The van der Waals surface area contributed by atoms with Crippen LogP contribution in [-0.4, -0.2) is 38.2 Å². The second-order valence-electron chi connectivity index (χ2n) is 7.43. The van der Waals surface area contributed by atoms with Gasteiger partial charge < -0.3 is 19.5 Å². The van der Waals surface area contributed by atoms with Crippen LogP contribution in [0.2, 0.25) is 0 Å². The maximum atomic E-state index is 13.1. The van der Waals surface area contributed by atoms with Crippen LogP contribution in [0.3, 0.4) is 0 Å². The summed E-state index contributed by atoms with van der Waals surface area (Å²) in [6.45, 7) is 5.75. The van der Waals surface area contributed by atoms with Crippen molar-refractivity contribution in [3.8, 4) is 28.4 Å². The highest BCUT2D eigenvalue weighted by Crippen LogP contribution is 2.49. The van der Waals surface area contributed by atoms with Crippen LogP contribution < -0.4 is 19.5 Å². The zero-order chi connectivity index (χ0) is 19.7. The number of benzene rings is 2. The number of hydrogen-bond donors (Lipinski definition) is 1. The number of hydrogen-bond acceptors (Lipinski definition) is 5. The van der Waals surface area contributed by atoms with Crippen molar-refractivity contribution < 1.29 is 19.0 Å². The first kappa shape index (κ1) is 18.8. The zero-order valence-corrected chi connectivity index (χ0v) is 16.7. The topological polar surface area (TPSA) is 56.8 Å². The molecule has 5 nitrogen and oxygen atoms in total. The second-order valence-corrected chi connectivity index (χ2v) is 7.43. The van der Waals surface area contributed by atoms with E-state index in [0.717, 1.165) is 36.3 Å². The van der Waals surface area contributed by atoms with E-state index in [1.165, 1.54) is 6.42 Å². The Bertz CT molecular complexity index is 886. The Kier molecular flexibility index (Phi) is 5.27. The van der Waals surface area contributed by atoms with E-state index < -0.39 is 0 Å². The molecule has 2 aromatic carbocycles. The van der Waals surface area contributed by atoms with Crippen molar-refractivity contribution >= 4 is 5.78 Å². The van der Waals surface area contributed by atoms with Crippen LogP contribution in [0.4, 0.5) is 0 Å². The van der Waals surface area contributed by atoms with Gasteiger partial charge in [-0.1, -0.05) is 19.1 Å². The Morgan fingerprint density at radius 2 is 2.00 bits per heavy atom. The minimum atomic E-state index is -0.0117. The number of carbonyl (C=O) groups excluding carboxylic acids is 1. The SMILES string of the molecule is CCCOc1cc(OC)cc2c1-c1c(OC(C)C3CCCN3)cccc1C2=O. The van der Waals surface area contributed by atoms with Crippen molar-refractivity contribution in [1.82, 2.24) is 5.32 Å². The van der Waals surface area contributed by atoms with E-state index in [2.05, 4.69) is 19.2 Å². The molecule has 0 radical (unpaired) electrons. The Balaban J connectivity index is 1.79. The predicted molar refractivity (Wildman–Crippen MR) is 109 cm³/mol. The first-order valence-electron chi connectivity index (χ1n) is 10.1. The monoisotopic (exact) mass is 381 g/mol. The lowest BCUT2D eigenvalue weighted by molar-refractivity contribution is 0.104. The van der Waals surface area contributed by atoms with E-state index in [9.17, 15) is 4.79 Å². The average Bonchev–Trinajstić information content (AvgIpc) is 3.34. The van der Waals surface area contributed by atoms with Gasteiger partial charge in [0.2, 0.25) is 0 Å². The van der Waals surface area contributed by atoms with Crippen molar-refractivity contribution in [3.63, 3.8) is 0 Å². The largest absolute Gasteiger partial charge is 0.497 e. The van der Waals surface area contributed by atoms with Crippen LogP contribution in [0.25, 0.3) is 11.1 Å². The highest BCUT2D eigenvalue weighted by molar-refractivity contribution is 6.23. The molecule has 0 amide bonds. The molecule has 1 N–H and O–H groups in total. The maximum absolute atomic E-state index is 13.1. The minimum absolute atomic E-state index is 0.0117. The molecular formula is C23H27NO4. The molecule has 0 saturated carbocycles. The van der Waals surface area contributed by atoms with E-state index in [1.807, 2.05) is 24.3 Å². The molecule has 5 heteroatoms. The summed E-state index contributed by atoms with van der Waals surface area (Å²) in [6, 6.07) is 9.67. The summed E-state index contributed by atoms with van der Waals surface area (Å²) < 4.78 is 17.8. The molecule has 1 aliphatic heterocycles. The van der Waals surface area contributed by atoms with Crippen molar-refractivity contribution in [2.75, 3.05) is 20.3 Å². The van der Waals surface area contributed by atoms with Crippen molar-refractivity contribution in [3.05, 3.63) is 41.5 Å². The van der Waals surface area contributed by atoms with Crippen LogP contribution in [0.5, 0.6) is 17.2 Å². The highest BCUT2D eigenvalue weighted by Gasteiger charge is 2.34. The van der Waals surface area contributed by atoms with Gasteiger partial charge in [0.05, 0.1) is 13.7 Å². The number of ether oxygens (including phenoxy) is 3. The van der Waals surface area contributed by atoms with Gasteiger partial charge in [0.15, 0.2) is 5.78 Å². The molecule has 2 unspecified atom stereocenters. The summed E-state index contributed by atoms with van der Waals surface area (Å²) in [5.74, 6) is 2.02. The third-order valence-electron chi connectivity index (χ3n) is 5.52. The van der Waals surface area contributed by atoms with Crippen LogP contribution in [0.1, 0.15) is 49.0 Å². The van der Waals surface area contributed by atoms with Gasteiger partial charge in [-0.2, -0.15) is 0 Å². The third-order valence-corrected chi connectivity index (χ3v) is 5.52. The fourth-order valence-electron chi connectivity index (χ4n) is 4.09. The van der Waals surface area contributed by atoms with Gasteiger partial charge in [0.1, 0.15) is 23.4 Å². The lowest BCUT2D eigenvalue weighted by Crippen LogP contribution is -2.36. The van der Waals surface area contributed by atoms with E-state index in [1.54, 1.807) is 13.2 Å². The number of fused-ring (bicyclic) bond motifs is 3. The maximum Gasteiger partial charge on any atom is 0.194 e. The summed E-state index contributed by atoms with van der Waals surface area (Å²) in [6.07, 6.45) is 3.18. The molecule has 1 aliphatic carbocycles. The highest BCUT2D eigenvalue weighted by atomic mass is 16.5. The van der Waals surface area contributed by atoms with E-state index in [0.29, 0.717) is 35.3 Å². The molecular weight excluding hydrogens is 354 g/mol. The fourth-order valence-corrected chi connectivity index (χ4v) is 4.09. The van der Waals surface area contributed by atoms with Crippen molar-refractivity contribution in [1.29, 1.82) is 0 Å². The number of nitrogens with one attached hydrogen (secondary N) is 1. The number of methoxy groups -OCH3 is 1. The Morgan fingerprint density at radius 1 is 1.18 bits per heavy atom. The summed E-state index contributed by atoms with van der Waals surface area (Å²) in [7, 11) is 1.60. The molecule has 28 heavy (non-hydrogen) atoms. The summed E-state index contributed by atoms with van der Waals surface area (Å²) in [4.78, 5) is 13.1. The Morgan fingerprint density at radius 3 is 2.71 bits per heavy atom. The lowest BCUT2D eigenvalue weighted by Gasteiger charge is -2.23. The summed E-state index contributed by atoms with van der Waals surface area (Å²) in [5.41, 5.74) is 2.93. The van der Waals surface area contributed by atoms with Gasteiger partial charge in [-0.25, -0.2) is 0 Å². The molecule has 2 aromatic rings. The quantitative estimate of drug-likeness (QED) is 0.664. The molecule has 0 bridgehead atoms. The van der Waals surface area contributed by atoms with Gasteiger partial charge in [-0.3, -0.25) is 4.79 Å². The molecule has 1 fully saturated rings. The first-order chi connectivity index (χ1) is 13.6. The Labute approximate surface area is 166 Å². The van der Waals surface area contributed by atoms with Gasteiger partial charge >= 0.3 is 0 Å². The second kappa shape index (κ2) is 7.84. The van der Waals surface area contributed by atoms with Crippen molar-refractivity contribution in [2.45, 2.75) is 45.3 Å². The van der Waals surface area contributed by atoms with E-state index in [-0.39, 0.29) is 11.9 Å². The zero-order valence-electron chi connectivity index (χ0n) is 16.7. The lowest BCUT2D eigenvalue weighted by atomic mass is 10.0. The third kappa shape index (κ3) is 3.24. The van der Waals surface area contributed by atoms with Gasteiger partial charge in [0, 0.05) is 34.4 Å². The molecule has 2 atom stereocenters. The molecule has 148 valence electrons. The first-order valence-corrected chi connectivity index (χ1v) is 10.1. The van der Waals surface area contributed by atoms with E-state index >= 15 is 0 Å². The summed E-state index contributed by atoms with van der Waals surface area (Å²) >= 11 is 0.